The minimum atomic E-state index is -0.295. The molecule has 2 aromatic rings. The number of hydrogen-bond acceptors (Lipinski definition) is 3. The van der Waals surface area contributed by atoms with Gasteiger partial charge in [0, 0.05) is 24.3 Å². The number of amides is 3. The van der Waals surface area contributed by atoms with Crippen LogP contribution in [0, 0.1) is 0 Å². The molecule has 0 spiro atoms. The summed E-state index contributed by atoms with van der Waals surface area (Å²) >= 11 is 0. The fourth-order valence-electron chi connectivity index (χ4n) is 1.99. The molecule has 6 nitrogen and oxygen atoms in total. The summed E-state index contributed by atoms with van der Waals surface area (Å²) in [6.45, 7) is 2.21. The van der Waals surface area contributed by atoms with E-state index in [9.17, 15) is 9.59 Å². The lowest BCUT2D eigenvalue weighted by Crippen LogP contribution is -2.28. The monoisotopic (exact) mass is 327 g/mol. The molecule has 0 aliphatic rings. The largest absolute Gasteiger partial charge is 0.497 e. The number of methoxy groups -OCH3 is 1. The Kier molecular flexibility index (Phi) is 6.19. The highest BCUT2D eigenvalue weighted by Gasteiger charge is 2.03. The Bertz CT molecular complexity index is 682. The maximum atomic E-state index is 11.9. The van der Waals surface area contributed by atoms with E-state index in [1.807, 2.05) is 24.3 Å². The molecule has 0 fully saturated rings. The van der Waals surface area contributed by atoms with Crippen LogP contribution in [0.4, 0.5) is 16.2 Å². The zero-order valence-electron chi connectivity index (χ0n) is 13.8. The average Bonchev–Trinajstić information content (AvgIpc) is 2.62. The van der Waals surface area contributed by atoms with Crippen LogP contribution in [-0.4, -0.2) is 19.0 Å². The standard InChI is InChI=1S/C18H21N3O3/c1-3-17(22)20-14-6-8-15(9-7-14)21-18(23)19-12-13-4-10-16(24-2)11-5-13/h4-11H,3,12H2,1-2H3,(H,20,22)(H2,19,21,23). The van der Waals surface area contributed by atoms with Gasteiger partial charge in [-0.05, 0) is 42.0 Å². The molecule has 0 saturated heterocycles. The summed E-state index contributed by atoms with van der Waals surface area (Å²) in [5, 5.41) is 8.27. The van der Waals surface area contributed by atoms with E-state index >= 15 is 0 Å². The van der Waals surface area contributed by atoms with Gasteiger partial charge in [-0.2, -0.15) is 0 Å². The first-order valence-corrected chi connectivity index (χ1v) is 7.68. The van der Waals surface area contributed by atoms with Gasteiger partial charge in [0.25, 0.3) is 0 Å². The summed E-state index contributed by atoms with van der Waals surface area (Å²) in [5.41, 5.74) is 2.33. The maximum absolute atomic E-state index is 11.9. The predicted octanol–water partition coefficient (Wildman–Crippen LogP) is 3.37. The molecule has 2 aromatic carbocycles. The Balaban J connectivity index is 1.82. The van der Waals surface area contributed by atoms with Crippen molar-refractivity contribution >= 4 is 23.3 Å². The van der Waals surface area contributed by atoms with Crippen LogP contribution in [0.5, 0.6) is 5.75 Å². The molecule has 0 aromatic heterocycles. The molecule has 126 valence electrons. The summed E-state index contributed by atoms with van der Waals surface area (Å²) in [5.74, 6) is 0.728. The highest BCUT2D eigenvalue weighted by atomic mass is 16.5. The molecule has 0 radical (unpaired) electrons. The predicted molar refractivity (Wildman–Crippen MR) is 94.2 cm³/mol. The number of anilines is 2. The van der Waals surface area contributed by atoms with E-state index in [4.69, 9.17) is 4.74 Å². The molecule has 0 bridgehead atoms. The Labute approximate surface area is 141 Å². The highest BCUT2D eigenvalue weighted by molar-refractivity contribution is 5.92. The molecule has 6 heteroatoms. The first kappa shape index (κ1) is 17.3. The minimum absolute atomic E-state index is 0.0482. The number of carbonyl (C=O) groups is 2. The van der Waals surface area contributed by atoms with Crippen molar-refractivity contribution in [2.24, 2.45) is 0 Å². The second-order valence-corrected chi connectivity index (χ2v) is 5.13. The van der Waals surface area contributed by atoms with Gasteiger partial charge in [-0.15, -0.1) is 0 Å². The van der Waals surface area contributed by atoms with Crippen molar-refractivity contribution in [3.05, 3.63) is 54.1 Å². The summed E-state index contributed by atoms with van der Waals surface area (Å²) < 4.78 is 5.09. The maximum Gasteiger partial charge on any atom is 0.319 e. The second kappa shape index (κ2) is 8.57. The van der Waals surface area contributed by atoms with E-state index in [0.717, 1.165) is 11.3 Å². The van der Waals surface area contributed by atoms with Crippen molar-refractivity contribution in [3.63, 3.8) is 0 Å². The van der Waals surface area contributed by atoms with Gasteiger partial charge in [-0.1, -0.05) is 19.1 Å². The van der Waals surface area contributed by atoms with E-state index < -0.39 is 0 Å². The van der Waals surface area contributed by atoms with E-state index in [-0.39, 0.29) is 11.9 Å². The first-order chi connectivity index (χ1) is 11.6. The Hall–Kier alpha value is -3.02. The van der Waals surface area contributed by atoms with E-state index in [1.54, 1.807) is 38.3 Å². The van der Waals surface area contributed by atoms with Crippen molar-refractivity contribution in [2.75, 3.05) is 17.7 Å². The van der Waals surface area contributed by atoms with Crippen LogP contribution in [0.2, 0.25) is 0 Å². The number of nitrogens with one attached hydrogen (secondary N) is 3. The topological polar surface area (TPSA) is 79.5 Å². The fraction of sp³-hybridized carbons (Fsp3) is 0.222. The molecular weight excluding hydrogens is 306 g/mol. The number of rotatable bonds is 6. The molecule has 0 heterocycles. The molecule has 0 aliphatic heterocycles. The first-order valence-electron chi connectivity index (χ1n) is 7.68. The summed E-state index contributed by atoms with van der Waals surface area (Å²) in [6.07, 6.45) is 0.424. The van der Waals surface area contributed by atoms with Crippen molar-refractivity contribution in [3.8, 4) is 5.75 Å². The minimum Gasteiger partial charge on any atom is -0.497 e. The van der Waals surface area contributed by atoms with E-state index in [0.29, 0.717) is 24.3 Å². The van der Waals surface area contributed by atoms with Crippen LogP contribution in [0.3, 0.4) is 0 Å². The van der Waals surface area contributed by atoms with Crippen molar-refractivity contribution in [1.29, 1.82) is 0 Å². The van der Waals surface area contributed by atoms with Crippen LogP contribution in [0.25, 0.3) is 0 Å². The van der Waals surface area contributed by atoms with Crippen LogP contribution in [-0.2, 0) is 11.3 Å². The third-order valence-electron chi connectivity index (χ3n) is 3.36. The fourth-order valence-corrected chi connectivity index (χ4v) is 1.99. The number of hydrogen-bond donors (Lipinski definition) is 3. The summed E-state index contributed by atoms with van der Waals surface area (Å²) in [4.78, 5) is 23.2. The van der Waals surface area contributed by atoms with Gasteiger partial charge in [0.15, 0.2) is 0 Å². The van der Waals surface area contributed by atoms with Crippen LogP contribution in [0.15, 0.2) is 48.5 Å². The smallest absolute Gasteiger partial charge is 0.319 e. The van der Waals surface area contributed by atoms with Crippen molar-refractivity contribution in [2.45, 2.75) is 19.9 Å². The lowest BCUT2D eigenvalue weighted by molar-refractivity contribution is -0.115. The number of ether oxygens (including phenoxy) is 1. The normalized spacial score (nSPS) is 9.92. The van der Waals surface area contributed by atoms with Gasteiger partial charge in [-0.3, -0.25) is 4.79 Å². The average molecular weight is 327 g/mol. The van der Waals surface area contributed by atoms with Gasteiger partial charge in [0.05, 0.1) is 7.11 Å². The summed E-state index contributed by atoms with van der Waals surface area (Å²) in [6, 6.07) is 14.1. The molecular formula is C18H21N3O3. The molecule has 0 saturated carbocycles. The molecule has 0 aliphatic carbocycles. The number of benzene rings is 2. The van der Waals surface area contributed by atoms with Gasteiger partial charge in [0.2, 0.25) is 5.91 Å². The lowest BCUT2D eigenvalue weighted by atomic mass is 10.2. The second-order valence-electron chi connectivity index (χ2n) is 5.13. The molecule has 3 N–H and O–H groups in total. The lowest BCUT2D eigenvalue weighted by Gasteiger charge is -2.09. The SMILES string of the molecule is CCC(=O)Nc1ccc(NC(=O)NCc2ccc(OC)cc2)cc1. The molecule has 3 amide bonds. The zero-order chi connectivity index (χ0) is 17.4. The molecule has 24 heavy (non-hydrogen) atoms. The highest BCUT2D eigenvalue weighted by Crippen LogP contribution is 2.14. The van der Waals surface area contributed by atoms with Crippen molar-refractivity contribution < 1.29 is 14.3 Å². The van der Waals surface area contributed by atoms with Gasteiger partial charge in [0.1, 0.15) is 5.75 Å². The van der Waals surface area contributed by atoms with E-state index in [1.165, 1.54) is 0 Å². The third kappa shape index (κ3) is 5.31. The van der Waals surface area contributed by atoms with E-state index in [2.05, 4.69) is 16.0 Å². The van der Waals surface area contributed by atoms with Gasteiger partial charge >= 0.3 is 6.03 Å². The zero-order valence-corrected chi connectivity index (χ0v) is 13.8. The Morgan fingerprint density at radius 3 is 2.04 bits per heavy atom. The van der Waals surface area contributed by atoms with Crippen LogP contribution < -0.4 is 20.7 Å². The molecule has 2 rings (SSSR count). The van der Waals surface area contributed by atoms with Gasteiger partial charge in [-0.25, -0.2) is 4.79 Å². The Morgan fingerprint density at radius 1 is 0.917 bits per heavy atom. The van der Waals surface area contributed by atoms with Crippen LogP contribution >= 0.6 is 0 Å². The quantitative estimate of drug-likeness (QED) is 0.761. The third-order valence-corrected chi connectivity index (χ3v) is 3.36. The van der Waals surface area contributed by atoms with Crippen LogP contribution in [0.1, 0.15) is 18.9 Å². The molecule has 0 atom stereocenters. The van der Waals surface area contributed by atoms with Crippen molar-refractivity contribution in [1.82, 2.24) is 5.32 Å². The van der Waals surface area contributed by atoms with Gasteiger partial charge < -0.3 is 20.7 Å². The Morgan fingerprint density at radius 2 is 1.50 bits per heavy atom. The number of carbonyl (C=O) groups excluding carboxylic acids is 2. The molecule has 0 unspecified atom stereocenters. The summed E-state index contributed by atoms with van der Waals surface area (Å²) in [7, 11) is 1.61. The number of urea groups is 1.